The minimum atomic E-state index is -5.81. The van der Waals surface area contributed by atoms with E-state index in [-0.39, 0.29) is 119 Å². The quantitative estimate of drug-likeness (QED) is 0.0129. The van der Waals surface area contributed by atoms with Crippen molar-refractivity contribution < 1.29 is 128 Å². The highest BCUT2D eigenvalue weighted by atomic mass is 32.2. The molecule has 1 saturated heterocycles. The Kier molecular flexibility index (Phi) is 28.2. The minimum Gasteiger partial charge on any atom is -0.744 e. The first-order valence-corrected chi connectivity index (χ1v) is 38.5. The number of allylic oxidation sites excluding steroid dienone is 4. The summed E-state index contributed by atoms with van der Waals surface area (Å²) < 4.78 is 180. The molecule has 1 aromatic heterocycles. The fraction of sp³-hybridized carbons (Fsp3) is 0.545. The number of aromatic nitrogens is 2. The zero-order valence-electron chi connectivity index (χ0n) is 52.4. The van der Waals surface area contributed by atoms with Gasteiger partial charge >= 0.3 is 29.2 Å². The Labute approximate surface area is 552 Å². The van der Waals surface area contributed by atoms with E-state index in [1.807, 2.05) is 48.2 Å². The molecular formula is C55H77N6O29P3S3. The van der Waals surface area contributed by atoms with Crippen LogP contribution in [0.3, 0.4) is 0 Å². The lowest BCUT2D eigenvalue weighted by molar-refractivity contribution is -0.438. The summed E-state index contributed by atoms with van der Waals surface area (Å²) in [6.07, 6.45) is 3.89. The van der Waals surface area contributed by atoms with Gasteiger partial charge in [0, 0.05) is 79.5 Å². The van der Waals surface area contributed by atoms with Crippen LogP contribution in [0.5, 0.6) is 0 Å². The van der Waals surface area contributed by atoms with Crippen LogP contribution in [-0.2, 0) is 101 Å². The molecule has 96 heavy (non-hydrogen) atoms. The molecule has 41 heteroatoms. The molecule has 534 valence electrons. The van der Waals surface area contributed by atoms with Crippen LogP contribution < -0.4 is 26.8 Å². The molecule has 2 aromatic carbocycles. The molecule has 0 bridgehead atoms. The van der Waals surface area contributed by atoms with Crippen LogP contribution in [0.2, 0.25) is 0 Å². The zero-order valence-corrected chi connectivity index (χ0v) is 57.5. The smallest absolute Gasteiger partial charge is 0.490 e. The van der Waals surface area contributed by atoms with Gasteiger partial charge < -0.3 is 68.5 Å². The molecular weight excluding hydrogens is 1400 g/mol. The number of rotatable bonds is 38. The lowest BCUT2D eigenvalue weighted by atomic mass is 9.81. The Morgan fingerprint density at radius 1 is 0.792 bits per heavy atom. The van der Waals surface area contributed by atoms with Crippen LogP contribution in [-0.4, -0.2) is 199 Å². The van der Waals surface area contributed by atoms with E-state index < -0.39 is 113 Å². The van der Waals surface area contributed by atoms with E-state index in [0.717, 1.165) is 16.5 Å². The van der Waals surface area contributed by atoms with Crippen molar-refractivity contribution in [1.29, 1.82) is 0 Å². The van der Waals surface area contributed by atoms with Gasteiger partial charge in [-0.1, -0.05) is 31.8 Å². The molecule has 2 amide bonds. The predicted molar refractivity (Wildman–Crippen MR) is 337 cm³/mol. The summed E-state index contributed by atoms with van der Waals surface area (Å²) in [5.41, 5.74) is -0.00492. The second-order valence-corrected chi connectivity index (χ2v) is 31.5. The van der Waals surface area contributed by atoms with E-state index in [1.165, 1.54) is 30.3 Å². The molecule has 2 unspecified atom stereocenters. The lowest BCUT2D eigenvalue weighted by Crippen LogP contribution is -2.34. The van der Waals surface area contributed by atoms with E-state index in [9.17, 15) is 86.7 Å². The van der Waals surface area contributed by atoms with Gasteiger partial charge in [-0.05, 0) is 75.1 Å². The average Bonchev–Trinajstić information content (AvgIpc) is 1.59. The summed E-state index contributed by atoms with van der Waals surface area (Å²) in [7, 11) is -30.7. The minimum absolute atomic E-state index is 0.0253. The maximum atomic E-state index is 12.7. The molecule has 3 aliphatic heterocycles. The largest absolute Gasteiger partial charge is 0.744 e. The highest BCUT2D eigenvalue weighted by Gasteiger charge is 2.46. The monoisotopic (exact) mass is 1470 g/mol. The number of aliphatic hydroxyl groups is 1. The van der Waals surface area contributed by atoms with Crippen molar-refractivity contribution in [3.8, 4) is 11.8 Å². The fourth-order valence-electron chi connectivity index (χ4n) is 10.4. The molecule has 6 rings (SSSR count). The highest BCUT2D eigenvalue weighted by Crippen LogP contribution is 2.66. The number of unbranched alkanes of at least 4 members (excludes halogenated alkanes) is 2. The van der Waals surface area contributed by atoms with Gasteiger partial charge in [-0.25, -0.2) is 26.9 Å². The number of fused-ring (bicyclic) bond motifs is 2. The number of nitrogens with one attached hydrogen (secondary N) is 3. The Hall–Kier alpha value is -5.53. The number of phosphoric acid groups is 3. The second kappa shape index (κ2) is 34.0. The van der Waals surface area contributed by atoms with Crippen molar-refractivity contribution in [2.45, 2.75) is 112 Å². The normalized spacial score (nSPS) is 19.4. The summed E-state index contributed by atoms with van der Waals surface area (Å²) >= 11 is 0. The lowest BCUT2D eigenvalue weighted by Gasteiger charge is -2.27. The van der Waals surface area contributed by atoms with Crippen molar-refractivity contribution in [2.24, 2.45) is 0 Å². The van der Waals surface area contributed by atoms with Crippen molar-refractivity contribution >= 4 is 82.7 Å². The van der Waals surface area contributed by atoms with E-state index >= 15 is 0 Å². The number of carbonyl (C=O) groups excluding carboxylic acids is 2. The summed E-state index contributed by atoms with van der Waals surface area (Å²) in [5.74, 6) is 3.92. The third kappa shape index (κ3) is 23.8. The first-order valence-electron chi connectivity index (χ1n) is 29.5. The third-order valence-corrected chi connectivity index (χ3v) is 21.2. The average molecular weight is 1480 g/mol. The van der Waals surface area contributed by atoms with E-state index in [4.69, 9.17) is 33.5 Å². The molecule has 10 N–H and O–H groups in total. The van der Waals surface area contributed by atoms with Crippen LogP contribution in [0, 0.1) is 11.8 Å². The number of ether oxygens (including phenoxy) is 5. The Balaban J connectivity index is 0.836. The van der Waals surface area contributed by atoms with Crippen molar-refractivity contribution in [3.05, 3.63) is 104 Å². The van der Waals surface area contributed by atoms with Crippen LogP contribution in [0.1, 0.15) is 95.6 Å². The van der Waals surface area contributed by atoms with E-state index in [1.54, 1.807) is 18.2 Å². The molecule has 0 aliphatic carbocycles. The van der Waals surface area contributed by atoms with Crippen LogP contribution in [0.4, 0.5) is 11.4 Å². The van der Waals surface area contributed by atoms with Crippen molar-refractivity contribution in [1.82, 2.24) is 20.2 Å². The topological polar surface area (TPSA) is 511 Å². The zero-order chi connectivity index (χ0) is 71.1. The Morgan fingerprint density at radius 3 is 2.05 bits per heavy atom. The fourth-order valence-corrected chi connectivity index (χ4v) is 14.9. The number of hydrogen-bond donors (Lipinski definition) is 10. The maximum Gasteiger partial charge on any atom is 0.490 e. The summed E-state index contributed by atoms with van der Waals surface area (Å²) in [6, 6.07) is 8.36. The molecule has 3 aromatic rings. The molecule has 3 aliphatic rings. The molecule has 1 fully saturated rings. The molecule has 4 heterocycles. The molecule has 35 nitrogen and oxygen atoms in total. The van der Waals surface area contributed by atoms with Crippen molar-refractivity contribution in [3.63, 3.8) is 0 Å². The van der Waals surface area contributed by atoms with Gasteiger partial charge in [0.05, 0.1) is 93.1 Å². The summed E-state index contributed by atoms with van der Waals surface area (Å²) in [6.45, 7) is 8.81. The molecule has 5 atom stereocenters. The summed E-state index contributed by atoms with van der Waals surface area (Å²) in [4.78, 5) is 89.4. The molecule has 0 saturated carbocycles. The number of benzene rings is 2. The number of carbonyl (C=O) groups is 2. The summed E-state index contributed by atoms with van der Waals surface area (Å²) in [5, 5.41) is 15.7. The van der Waals surface area contributed by atoms with Gasteiger partial charge in [0.25, 0.3) is 25.8 Å². The number of phosphoric ester groups is 1. The van der Waals surface area contributed by atoms with E-state index in [0.29, 0.717) is 54.0 Å². The number of anilines is 1. The highest BCUT2D eigenvalue weighted by molar-refractivity contribution is 7.86. The first kappa shape index (κ1) is 79.5. The standard InChI is InChI=1S/C55H77N6O29P3S3/c1-54(2)41-33-39(95(77,78)79)15-17-43(41)59(47(54)12-8-13-48-55(3,4)42-34-40(96(80,81)82)16-18-44(42)60(48)23-10-32-94(74,75)76)22-7-5-6-14-49(63)57-21-25-84-27-29-86-31-30-85-28-26-83-24-19-50(64)56-20-9-11-38-36-61(53(66)58-52(38)65)51-35-45(62)46(88-51)37-87-92(70,71)90-93(72,73)89-91(67,68)69/h8,12-13,15-18,33-34,36,45-46,51,62H,5-7,10,14,19-32,35,37H2,1-4H3,(H9-,56,57,58,63,64,65,66,67,68,69,70,71,72,73,74,75,76,77,78,79,80,81,82)/t45-,46+,51+/m0/s1. The SMILES string of the molecule is CC1(C)C(/C=C/C=C2/N(CCCS(=O)(=O)O)c3ccc(S(=O)(=O)O)cc3C2(C)C)=[N+](CCCCCC(=O)NCCOCCOCCOCCOCCC(=O)NCC#Cc2cn([C@H]3C[C@H](O)[C@@H](COP(=O)(O)OP(=O)(O)OP(=O)(O)O)O3)c(=O)[nH]c2=O)c2ccc(S(=O)(=O)[O-])cc21. The predicted octanol–water partition coefficient (Wildman–Crippen LogP) is 1.87. The number of nitrogens with zero attached hydrogens (tertiary/aromatic N) is 3. The van der Waals surface area contributed by atoms with Gasteiger partial charge in [-0.15, -0.1) is 0 Å². The number of aliphatic hydroxyl groups excluding tert-OH is 1. The van der Waals surface area contributed by atoms with Crippen LogP contribution in [0.25, 0.3) is 0 Å². The van der Waals surface area contributed by atoms with Crippen LogP contribution in [0.15, 0.2) is 85.9 Å². The number of hydrogen-bond acceptors (Lipinski definition) is 24. The maximum absolute atomic E-state index is 12.7. The molecule has 0 radical (unpaired) electrons. The van der Waals surface area contributed by atoms with Crippen molar-refractivity contribution in [2.75, 3.05) is 96.3 Å². The number of amides is 2. The number of H-pyrrole nitrogens is 1. The van der Waals surface area contributed by atoms with Crippen LogP contribution >= 0.6 is 23.5 Å². The van der Waals surface area contributed by atoms with Gasteiger partial charge in [0.1, 0.15) is 34.6 Å². The second-order valence-electron chi connectivity index (χ2n) is 22.7. The van der Waals surface area contributed by atoms with Gasteiger partial charge in [0.15, 0.2) is 5.71 Å². The van der Waals surface area contributed by atoms with Gasteiger partial charge in [-0.2, -0.15) is 30.0 Å². The van der Waals surface area contributed by atoms with Gasteiger partial charge in [0.2, 0.25) is 17.5 Å². The Morgan fingerprint density at radius 2 is 1.42 bits per heavy atom. The molecule has 0 spiro atoms. The third-order valence-electron chi connectivity index (χ3n) is 14.9. The first-order chi connectivity index (χ1) is 44.7. The van der Waals surface area contributed by atoms with Gasteiger partial charge in [-0.3, -0.25) is 37.6 Å². The number of aromatic amines is 1. The van der Waals surface area contributed by atoms with E-state index in [2.05, 4.69) is 35.6 Å². The Bertz CT molecular complexity index is 4100.